The fourth-order valence-corrected chi connectivity index (χ4v) is 1.74. The van der Waals surface area contributed by atoms with Gasteiger partial charge in [0.15, 0.2) is 0 Å². The van der Waals surface area contributed by atoms with Crippen molar-refractivity contribution < 1.29 is 15.0 Å². The lowest BCUT2D eigenvalue weighted by Gasteiger charge is -2.30. The number of amides is 2. The van der Waals surface area contributed by atoms with E-state index in [2.05, 4.69) is 10.6 Å². The van der Waals surface area contributed by atoms with E-state index in [9.17, 15) is 15.0 Å². The van der Waals surface area contributed by atoms with Gasteiger partial charge in [0, 0.05) is 11.7 Å². The molecule has 1 atom stereocenters. The maximum Gasteiger partial charge on any atom is 0.316 e. The number of hydrogen-bond acceptors (Lipinski definition) is 4. The summed E-state index contributed by atoms with van der Waals surface area (Å²) >= 11 is 0. The van der Waals surface area contributed by atoms with Crippen molar-refractivity contribution in [2.24, 2.45) is 5.73 Å². The van der Waals surface area contributed by atoms with Gasteiger partial charge in [0.2, 0.25) is 0 Å². The molecule has 0 bridgehead atoms. The first-order valence-corrected chi connectivity index (χ1v) is 6.06. The molecular weight excluding hydrogens is 246 g/mol. The Morgan fingerprint density at radius 3 is 2.26 bits per heavy atom. The van der Waals surface area contributed by atoms with Gasteiger partial charge < -0.3 is 26.6 Å². The Labute approximate surface area is 112 Å². The molecule has 0 aromatic heterocycles. The maximum atomic E-state index is 10.7. The lowest BCUT2D eigenvalue weighted by atomic mass is 10.0. The third kappa shape index (κ3) is 4.51. The van der Waals surface area contributed by atoms with E-state index in [0.717, 1.165) is 5.56 Å². The Kier molecular flexibility index (Phi) is 5.29. The monoisotopic (exact) mass is 267 g/mol. The van der Waals surface area contributed by atoms with Gasteiger partial charge in [-0.3, -0.25) is 0 Å². The van der Waals surface area contributed by atoms with Crippen LogP contribution in [0.25, 0.3) is 0 Å². The van der Waals surface area contributed by atoms with Gasteiger partial charge in [-0.25, -0.2) is 4.79 Å². The minimum atomic E-state index is -0.733. The third-order valence-corrected chi connectivity index (χ3v) is 2.94. The second-order valence-corrected chi connectivity index (χ2v) is 4.85. The van der Waals surface area contributed by atoms with E-state index in [1.807, 2.05) is 19.1 Å². The van der Waals surface area contributed by atoms with E-state index < -0.39 is 11.6 Å². The summed E-state index contributed by atoms with van der Waals surface area (Å²) in [6, 6.07) is 6.52. The summed E-state index contributed by atoms with van der Waals surface area (Å²) in [5.41, 5.74) is 5.89. The van der Waals surface area contributed by atoms with Crippen LogP contribution in [0.5, 0.6) is 0 Å². The summed E-state index contributed by atoms with van der Waals surface area (Å²) in [6.07, 6.45) is 0. The molecule has 1 unspecified atom stereocenters. The number of carbonyl (C=O) groups excluding carboxylic acids is 1. The van der Waals surface area contributed by atoms with Crippen LogP contribution in [-0.4, -0.2) is 35.0 Å². The molecule has 1 aromatic carbocycles. The molecule has 0 radical (unpaired) electrons. The van der Waals surface area contributed by atoms with Crippen LogP contribution < -0.4 is 16.4 Å². The van der Waals surface area contributed by atoms with Crippen LogP contribution in [0.1, 0.15) is 25.5 Å². The quantitative estimate of drug-likeness (QED) is 0.519. The van der Waals surface area contributed by atoms with Crippen molar-refractivity contribution in [3.05, 3.63) is 29.8 Å². The first kappa shape index (κ1) is 15.4. The predicted octanol–water partition coefficient (Wildman–Crippen LogP) is 0.571. The molecule has 1 aromatic rings. The van der Waals surface area contributed by atoms with E-state index in [1.165, 1.54) is 0 Å². The lowest BCUT2D eigenvalue weighted by Crippen LogP contribution is -2.49. The van der Waals surface area contributed by atoms with E-state index in [1.54, 1.807) is 19.1 Å². The van der Waals surface area contributed by atoms with Gasteiger partial charge in [-0.05, 0) is 31.5 Å². The minimum Gasteiger partial charge on any atom is -0.394 e. The molecule has 0 aliphatic rings. The summed E-state index contributed by atoms with van der Waals surface area (Å²) in [5.74, 6) is 0. The molecule has 0 spiro atoms. The van der Waals surface area contributed by atoms with E-state index >= 15 is 0 Å². The van der Waals surface area contributed by atoms with Crippen molar-refractivity contribution in [1.82, 2.24) is 5.32 Å². The molecule has 0 aliphatic carbocycles. The first-order chi connectivity index (χ1) is 8.90. The molecule has 0 aliphatic heterocycles. The molecule has 1 rings (SSSR count). The number of rotatable bonds is 6. The number of hydrogen-bond donors (Lipinski definition) is 5. The summed E-state index contributed by atoms with van der Waals surface area (Å²) in [5, 5.41) is 24.1. The minimum absolute atomic E-state index is 0.0491. The van der Waals surface area contributed by atoms with Crippen LogP contribution in [0.15, 0.2) is 24.3 Å². The summed E-state index contributed by atoms with van der Waals surface area (Å²) in [7, 11) is 0. The maximum absolute atomic E-state index is 10.7. The molecule has 106 valence electrons. The molecule has 0 saturated carbocycles. The molecular formula is C13H21N3O3. The highest BCUT2D eigenvalue weighted by Gasteiger charge is 2.24. The molecule has 6 nitrogen and oxygen atoms in total. The van der Waals surface area contributed by atoms with Crippen molar-refractivity contribution in [1.29, 1.82) is 0 Å². The zero-order valence-electron chi connectivity index (χ0n) is 11.2. The highest BCUT2D eigenvalue weighted by molar-refractivity contribution is 5.87. The average Bonchev–Trinajstić information content (AvgIpc) is 2.38. The summed E-state index contributed by atoms with van der Waals surface area (Å²) in [6.45, 7) is 3.36. The Morgan fingerprint density at radius 1 is 1.32 bits per heavy atom. The van der Waals surface area contributed by atoms with Gasteiger partial charge >= 0.3 is 6.03 Å². The van der Waals surface area contributed by atoms with Crippen LogP contribution in [0.2, 0.25) is 0 Å². The summed E-state index contributed by atoms with van der Waals surface area (Å²) < 4.78 is 0. The van der Waals surface area contributed by atoms with E-state index in [4.69, 9.17) is 5.73 Å². The zero-order valence-corrected chi connectivity index (χ0v) is 11.2. The van der Waals surface area contributed by atoms with E-state index in [-0.39, 0.29) is 19.3 Å². The Bertz CT molecular complexity index is 416. The Hall–Kier alpha value is -1.63. The molecule has 6 heteroatoms. The number of aliphatic hydroxyl groups excluding tert-OH is 2. The number of benzene rings is 1. The smallest absolute Gasteiger partial charge is 0.316 e. The van der Waals surface area contributed by atoms with Crippen LogP contribution in [0.4, 0.5) is 10.5 Å². The Morgan fingerprint density at radius 2 is 1.84 bits per heavy atom. The van der Waals surface area contributed by atoms with Gasteiger partial charge in [-0.1, -0.05) is 12.1 Å². The van der Waals surface area contributed by atoms with Gasteiger partial charge in [0.05, 0.1) is 18.8 Å². The number of nitrogens with one attached hydrogen (secondary N) is 2. The second kappa shape index (κ2) is 6.51. The molecule has 0 fully saturated rings. The molecule has 2 amide bonds. The molecule has 6 N–H and O–H groups in total. The molecule has 0 saturated heterocycles. The number of primary amides is 1. The van der Waals surface area contributed by atoms with Crippen molar-refractivity contribution in [3.63, 3.8) is 0 Å². The highest BCUT2D eigenvalue weighted by atomic mass is 16.3. The van der Waals surface area contributed by atoms with Gasteiger partial charge in [-0.2, -0.15) is 0 Å². The van der Waals surface area contributed by atoms with Crippen molar-refractivity contribution in [2.45, 2.75) is 25.4 Å². The molecule has 19 heavy (non-hydrogen) atoms. The van der Waals surface area contributed by atoms with Crippen molar-refractivity contribution in [3.8, 4) is 0 Å². The number of urea groups is 1. The topological polar surface area (TPSA) is 108 Å². The highest BCUT2D eigenvalue weighted by Crippen LogP contribution is 2.18. The fourth-order valence-electron chi connectivity index (χ4n) is 1.74. The number of nitrogens with two attached hydrogens (primary N) is 1. The first-order valence-electron chi connectivity index (χ1n) is 6.06. The fraction of sp³-hybridized carbons (Fsp3) is 0.462. The van der Waals surface area contributed by atoms with Crippen LogP contribution in [-0.2, 0) is 0 Å². The lowest BCUT2D eigenvalue weighted by molar-refractivity contribution is 0.0957. The van der Waals surface area contributed by atoms with Crippen molar-refractivity contribution >= 4 is 11.7 Å². The normalized spacial score (nSPS) is 13.1. The summed E-state index contributed by atoms with van der Waals surface area (Å²) in [4.78, 5) is 10.7. The number of carbonyl (C=O) groups is 1. The van der Waals surface area contributed by atoms with Gasteiger partial charge in [0.25, 0.3) is 0 Å². The standard InChI is InChI=1S/C13H21N3O3/c1-9(16-13(2,7-17)8-18)10-3-5-11(6-4-10)15-12(14)19/h3-6,9,16-18H,7-8H2,1-2H3,(H3,14,15,19). The van der Waals surface area contributed by atoms with Crippen molar-refractivity contribution in [2.75, 3.05) is 18.5 Å². The number of aliphatic hydroxyl groups is 2. The van der Waals surface area contributed by atoms with Crippen LogP contribution >= 0.6 is 0 Å². The average molecular weight is 267 g/mol. The van der Waals surface area contributed by atoms with Crippen LogP contribution in [0.3, 0.4) is 0 Å². The van der Waals surface area contributed by atoms with E-state index in [0.29, 0.717) is 5.69 Å². The number of anilines is 1. The second-order valence-electron chi connectivity index (χ2n) is 4.85. The van der Waals surface area contributed by atoms with Gasteiger partial charge in [0.1, 0.15) is 0 Å². The zero-order chi connectivity index (χ0) is 14.5. The molecule has 0 heterocycles. The SMILES string of the molecule is CC(NC(C)(CO)CO)c1ccc(NC(N)=O)cc1. The Balaban J connectivity index is 2.72. The van der Waals surface area contributed by atoms with Gasteiger partial charge in [-0.15, -0.1) is 0 Å². The third-order valence-electron chi connectivity index (χ3n) is 2.94. The predicted molar refractivity (Wildman–Crippen MR) is 73.8 cm³/mol. The largest absolute Gasteiger partial charge is 0.394 e. The van der Waals surface area contributed by atoms with Crippen LogP contribution in [0, 0.1) is 0 Å².